The van der Waals surface area contributed by atoms with E-state index in [0.29, 0.717) is 4.47 Å². The summed E-state index contributed by atoms with van der Waals surface area (Å²) in [6.45, 7) is 3.33. The second-order valence-corrected chi connectivity index (χ2v) is 5.04. The molecule has 0 bridgehead atoms. The first-order valence-electron chi connectivity index (χ1n) is 5.38. The van der Waals surface area contributed by atoms with Crippen molar-refractivity contribution in [2.75, 3.05) is 6.61 Å². The average Bonchev–Trinajstić information content (AvgIpc) is 2.24. The molecule has 6 heteroatoms. The van der Waals surface area contributed by atoms with E-state index in [4.69, 9.17) is 4.74 Å². The number of halogens is 4. The fourth-order valence-corrected chi connectivity index (χ4v) is 1.80. The predicted octanol–water partition coefficient (Wildman–Crippen LogP) is 3.93. The van der Waals surface area contributed by atoms with Crippen LogP contribution in [0, 0.1) is 0 Å². The summed E-state index contributed by atoms with van der Waals surface area (Å²) < 4.78 is 43.9. The third-order valence-electron chi connectivity index (χ3n) is 2.27. The Balaban J connectivity index is 3.00. The Morgan fingerprint density at radius 2 is 1.94 bits per heavy atom. The van der Waals surface area contributed by atoms with Gasteiger partial charge in [0.1, 0.15) is 6.10 Å². The summed E-state index contributed by atoms with van der Waals surface area (Å²) in [4.78, 5) is 0. The van der Waals surface area contributed by atoms with Crippen molar-refractivity contribution in [3.63, 3.8) is 0 Å². The van der Waals surface area contributed by atoms with Gasteiger partial charge in [0.2, 0.25) is 0 Å². The number of rotatable bonds is 4. The van der Waals surface area contributed by atoms with Crippen molar-refractivity contribution in [1.82, 2.24) is 0 Å². The molecular formula is C12H14BrF3O2. The molecule has 0 aliphatic carbocycles. The van der Waals surface area contributed by atoms with Crippen molar-refractivity contribution in [2.45, 2.75) is 32.2 Å². The summed E-state index contributed by atoms with van der Waals surface area (Å²) in [6, 6.07) is 3.67. The van der Waals surface area contributed by atoms with Crippen LogP contribution in [0.15, 0.2) is 22.7 Å². The number of aliphatic hydroxyl groups excluding tert-OH is 1. The molecule has 0 aliphatic rings. The second kappa shape index (κ2) is 6.04. The maximum Gasteiger partial charge on any atom is 0.416 e. The highest BCUT2D eigenvalue weighted by Crippen LogP contribution is 2.36. The van der Waals surface area contributed by atoms with Gasteiger partial charge in [-0.15, -0.1) is 0 Å². The van der Waals surface area contributed by atoms with Crippen LogP contribution >= 0.6 is 15.9 Å². The minimum atomic E-state index is -4.50. The van der Waals surface area contributed by atoms with Gasteiger partial charge in [0.25, 0.3) is 0 Å². The quantitative estimate of drug-likeness (QED) is 0.908. The highest BCUT2D eigenvalue weighted by Gasteiger charge is 2.35. The molecule has 1 rings (SSSR count). The highest BCUT2D eigenvalue weighted by atomic mass is 79.9. The van der Waals surface area contributed by atoms with Gasteiger partial charge in [-0.3, -0.25) is 0 Å². The molecule has 0 saturated heterocycles. The lowest BCUT2D eigenvalue weighted by Crippen LogP contribution is -2.17. The maximum atomic E-state index is 12.8. The summed E-state index contributed by atoms with van der Waals surface area (Å²) in [5.74, 6) is 0. The molecule has 1 atom stereocenters. The first-order chi connectivity index (χ1) is 8.21. The molecule has 0 aromatic heterocycles. The van der Waals surface area contributed by atoms with Crippen LogP contribution in [0.4, 0.5) is 13.2 Å². The molecule has 0 amide bonds. The molecule has 0 spiro atoms. The van der Waals surface area contributed by atoms with Crippen molar-refractivity contribution >= 4 is 15.9 Å². The maximum absolute atomic E-state index is 12.8. The van der Waals surface area contributed by atoms with E-state index in [1.165, 1.54) is 12.1 Å². The standard InChI is InChI=1S/C12H14BrF3O2/c1-7(2)18-6-11(17)9-4-3-8(13)5-10(9)12(14,15)16/h3-5,7,11,17H,6H2,1-2H3. The largest absolute Gasteiger partial charge is 0.416 e. The molecule has 1 unspecified atom stereocenters. The predicted molar refractivity (Wildman–Crippen MR) is 65.2 cm³/mol. The number of benzene rings is 1. The Kier molecular flexibility index (Phi) is 5.19. The van der Waals surface area contributed by atoms with Crippen molar-refractivity contribution in [1.29, 1.82) is 0 Å². The molecule has 1 N–H and O–H groups in total. The Hall–Kier alpha value is -0.590. The molecule has 1 aromatic carbocycles. The number of ether oxygens (including phenoxy) is 1. The number of alkyl halides is 3. The lowest BCUT2D eigenvalue weighted by molar-refractivity contribution is -0.139. The van der Waals surface area contributed by atoms with Gasteiger partial charge in [0.05, 0.1) is 18.3 Å². The molecule has 102 valence electrons. The van der Waals surface area contributed by atoms with Crippen LogP contribution in [0.5, 0.6) is 0 Å². The minimum absolute atomic E-state index is 0.149. The van der Waals surface area contributed by atoms with Crippen molar-refractivity contribution in [3.8, 4) is 0 Å². The van der Waals surface area contributed by atoms with Crippen molar-refractivity contribution < 1.29 is 23.0 Å². The van der Waals surface area contributed by atoms with Gasteiger partial charge in [-0.2, -0.15) is 13.2 Å². The lowest BCUT2D eigenvalue weighted by Gasteiger charge is -2.19. The molecular weight excluding hydrogens is 313 g/mol. The zero-order valence-electron chi connectivity index (χ0n) is 9.96. The Morgan fingerprint density at radius 1 is 1.33 bits per heavy atom. The third-order valence-corrected chi connectivity index (χ3v) is 2.76. The van der Waals surface area contributed by atoms with Gasteiger partial charge < -0.3 is 9.84 Å². The van der Waals surface area contributed by atoms with Crippen LogP contribution in [0.25, 0.3) is 0 Å². The molecule has 18 heavy (non-hydrogen) atoms. The highest BCUT2D eigenvalue weighted by molar-refractivity contribution is 9.10. The van der Waals surface area contributed by atoms with Crippen LogP contribution < -0.4 is 0 Å². The van der Waals surface area contributed by atoms with E-state index in [-0.39, 0.29) is 18.3 Å². The van der Waals surface area contributed by atoms with E-state index >= 15 is 0 Å². The van der Waals surface area contributed by atoms with Crippen LogP contribution in [-0.4, -0.2) is 17.8 Å². The van der Waals surface area contributed by atoms with Gasteiger partial charge in [-0.25, -0.2) is 0 Å². The van der Waals surface area contributed by atoms with Gasteiger partial charge in [-0.1, -0.05) is 22.0 Å². The van der Waals surface area contributed by atoms with Crippen LogP contribution in [0.2, 0.25) is 0 Å². The van der Waals surface area contributed by atoms with Crippen molar-refractivity contribution in [3.05, 3.63) is 33.8 Å². The van der Waals surface area contributed by atoms with E-state index in [9.17, 15) is 18.3 Å². The summed E-state index contributed by atoms with van der Waals surface area (Å²) in [5, 5.41) is 9.76. The topological polar surface area (TPSA) is 29.5 Å². The average molecular weight is 327 g/mol. The fourth-order valence-electron chi connectivity index (χ4n) is 1.44. The first-order valence-corrected chi connectivity index (χ1v) is 6.17. The van der Waals surface area contributed by atoms with Gasteiger partial charge in [0, 0.05) is 4.47 Å². The SMILES string of the molecule is CC(C)OCC(O)c1ccc(Br)cc1C(F)(F)F. The number of hydrogen-bond acceptors (Lipinski definition) is 2. The van der Waals surface area contributed by atoms with Crippen LogP contribution in [-0.2, 0) is 10.9 Å². The van der Waals surface area contributed by atoms with E-state index in [1.807, 2.05) is 0 Å². The van der Waals surface area contributed by atoms with Crippen molar-refractivity contribution in [2.24, 2.45) is 0 Å². The zero-order valence-corrected chi connectivity index (χ0v) is 11.5. The molecule has 0 aliphatic heterocycles. The molecule has 2 nitrogen and oxygen atoms in total. The number of hydrogen-bond donors (Lipinski definition) is 1. The van der Waals surface area contributed by atoms with Gasteiger partial charge in [-0.05, 0) is 31.5 Å². The minimum Gasteiger partial charge on any atom is -0.386 e. The summed E-state index contributed by atoms with van der Waals surface area (Å²) in [5.41, 5.74) is -1.02. The van der Waals surface area contributed by atoms with Gasteiger partial charge >= 0.3 is 6.18 Å². The Bertz CT molecular complexity index is 405. The molecule has 0 heterocycles. The second-order valence-electron chi connectivity index (χ2n) is 4.13. The summed E-state index contributed by atoms with van der Waals surface area (Å²) in [7, 11) is 0. The van der Waals surface area contributed by atoms with Gasteiger partial charge in [0.15, 0.2) is 0 Å². The number of aliphatic hydroxyl groups is 1. The first kappa shape index (κ1) is 15.5. The molecule has 1 aromatic rings. The Labute approximate surface area is 112 Å². The zero-order chi connectivity index (χ0) is 13.9. The monoisotopic (exact) mass is 326 g/mol. The van der Waals surface area contributed by atoms with Crippen LogP contribution in [0.3, 0.4) is 0 Å². The third kappa shape index (κ3) is 4.26. The Morgan fingerprint density at radius 3 is 2.44 bits per heavy atom. The summed E-state index contributed by atoms with van der Waals surface area (Å²) >= 11 is 2.99. The molecule has 0 saturated carbocycles. The van der Waals surface area contributed by atoms with E-state index in [1.54, 1.807) is 13.8 Å². The lowest BCUT2D eigenvalue weighted by atomic mass is 10.0. The normalized spacial score (nSPS) is 14.0. The molecule has 0 fully saturated rings. The fraction of sp³-hybridized carbons (Fsp3) is 0.500. The van der Waals surface area contributed by atoms with E-state index in [2.05, 4.69) is 15.9 Å². The van der Waals surface area contributed by atoms with E-state index in [0.717, 1.165) is 6.07 Å². The molecule has 0 radical (unpaired) electrons. The van der Waals surface area contributed by atoms with Crippen LogP contribution in [0.1, 0.15) is 31.1 Å². The summed E-state index contributed by atoms with van der Waals surface area (Å²) in [6.07, 6.45) is -5.95. The van der Waals surface area contributed by atoms with E-state index < -0.39 is 17.8 Å². The smallest absolute Gasteiger partial charge is 0.386 e.